The van der Waals surface area contributed by atoms with Crippen molar-refractivity contribution in [3.8, 4) is 23.3 Å². The molecule has 2 heterocycles. The molecular weight excluding hydrogens is 406 g/mol. The normalized spacial score (nSPS) is 12.7. The zero-order valence-electron chi connectivity index (χ0n) is 17.6. The Morgan fingerprint density at radius 1 is 1.19 bits per heavy atom. The molecule has 1 fully saturated rings. The van der Waals surface area contributed by atoms with Crippen molar-refractivity contribution in [2.75, 3.05) is 31.3 Å². The van der Waals surface area contributed by atoms with Crippen molar-refractivity contribution in [2.24, 2.45) is 4.99 Å². The number of thioether (sulfide) groups is 1. The van der Waals surface area contributed by atoms with Crippen molar-refractivity contribution >= 4 is 23.3 Å². The quantitative estimate of drug-likeness (QED) is 0.479. The van der Waals surface area contributed by atoms with Crippen molar-refractivity contribution in [3.63, 3.8) is 0 Å². The summed E-state index contributed by atoms with van der Waals surface area (Å²) in [5, 5.41) is 22.9. The second-order valence-corrected chi connectivity index (χ2v) is 7.31. The molecule has 0 aliphatic carbocycles. The summed E-state index contributed by atoms with van der Waals surface area (Å²) >= 11 is 1.37. The molecule has 2 aromatic rings. The number of aliphatic imine (C=N–C) groups is 1. The highest BCUT2D eigenvalue weighted by Gasteiger charge is 2.21. The summed E-state index contributed by atoms with van der Waals surface area (Å²) < 4.78 is 4.94. The third kappa shape index (κ3) is 6.55. The van der Waals surface area contributed by atoms with Gasteiger partial charge < -0.3 is 10.1 Å². The van der Waals surface area contributed by atoms with Crippen LogP contribution in [0.15, 0.2) is 65.8 Å². The van der Waals surface area contributed by atoms with E-state index in [1.165, 1.54) is 30.8 Å². The summed E-state index contributed by atoms with van der Waals surface area (Å²) in [6.07, 6.45) is 5.64. The van der Waals surface area contributed by atoms with E-state index >= 15 is 0 Å². The van der Waals surface area contributed by atoms with E-state index in [0.717, 1.165) is 24.5 Å². The van der Waals surface area contributed by atoms with E-state index in [1.54, 1.807) is 13.1 Å². The van der Waals surface area contributed by atoms with Crippen molar-refractivity contribution < 1.29 is 4.74 Å². The van der Waals surface area contributed by atoms with Gasteiger partial charge in [0.15, 0.2) is 0 Å². The molecule has 1 aromatic heterocycles. The molecule has 0 bridgehead atoms. The second-order valence-electron chi connectivity index (χ2n) is 6.35. The molecule has 31 heavy (non-hydrogen) atoms. The lowest BCUT2D eigenvalue weighted by molar-refractivity contribution is 0.198. The van der Waals surface area contributed by atoms with Crippen molar-refractivity contribution in [2.45, 2.75) is 17.9 Å². The first-order valence-corrected chi connectivity index (χ1v) is 10.8. The maximum absolute atomic E-state index is 9.77. The predicted molar refractivity (Wildman–Crippen MR) is 127 cm³/mol. The van der Waals surface area contributed by atoms with Crippen LogP contribution in [0.1, 0.15) is 24.0 Å². The van der Waals surface area contributed by atoms with Gasteiger partial charge in [0.05, 0.1) is 11.3 Å². The minimum atomic E-state index is 0.350. The largest absolute Gasteiger partial charge is 0.381 e. The molecular formula is C24H25N5OS. The molecule has 0 spiro atoms. The lowest BCUT2D eigenvalue weighted by Gasteiger charge is -2.14. The molecule has 1 aliphatic heterocycles. The van der Waals surface area contributed by atoms with Crippen LogP contribution in [-0.2, 0) is 4.74 Å². The summed E-state index contributed by atoms with van der Waals surface area (Å²) in [4.78, 5) is 8.61. The van der Waals surface area contributed by atoms with E-state index in [0.29, 0.717) is 33.3 Å². The van der Waals surface area contributed by atoms with Gasteiger partial charge in [-0.2, -0.15) is 10.5 Å². The highest BCUT2D eigenvalue weighted by Crippen LogP contribution is 2.36. The zero-order valence-corrected chi connectivity index (χ0v) is 18.4. The number of ether oxygens (including phenoxy) is 1. The highest BCUT2D eigenvalue weighted by atomic mass is 32.2. The first kappa shape index (κ1) is 23.9. The zero-order chi connectivity index (χ0) is 22.5. The summed E-state index contributed by atoms with van der Waals surface area (Å²) in [6, 6.07) is 13.8. The fourth-order valence-corrected chi connectivity index (χ4v) is 3.80. The molecule has 1 N–H and O–H groups in total. The summed E-state index contributed by atoms with van der Waals surface area (Å²) in [6.45, 7) is 9.31. The van der Waals surface area contributed by atoms with Gasteiger partial charge >= 0.3 is 0 Å². The first-order chi connectivity index (χ1) is 15.2. The van der Waals surface area contributed by atoms with Crippen LogP contribution in [0.2, 0.25) is 0 Å². The van der Waals surface area contributed by atoms with Gasteiger partial charge in [0, 0.05) is 37.8 Å². The van der Waals surface area contributed by atoms with E-state index in [-0.39, 0.29) is 0 Å². The van der Waals surface area contributed by atoms with Gasteiger partial charge in [0.1, 0.15) is 28.5 Å². The Kier molecular flexibility index (Phi) is 10.0. The number of nitriles is 2. The number of anilines is 1. The molecule has 0 saturated carbocycles. The molecule has 1 saturated heterocycles. The molecule has 1 aliphatic rings. The third-order valence-electron chi connectivity index (χ3n) is 4.36. The van der Waals surface area contributed by atoms with Gasteiger partial charge in [0.2, 0.25) is 0 Å². The van der Waals surface area contributed by atoms with Crippen LogP contribution in [-0.4, -0.2) is 36.7 Å². The minimum Gasteiger partial charge on any atom is -0.381 e. The fourth-order valence-electron chi connectivity index (χ4n) is 2.87. The third-order valence-corrected chi connectivity index (χ3v) is 5.37. The summed E-state index contributed by atoms with van der Waals surface area (Å²) in [5.41, 5.74) is 2.83. The number of hydrogen-bond donors (Lipinski definition) is 1. The number of aromatic nitrogens is 1. The smallest absolute Gasteiger partial charge is 0.145 e. The average Bonchev–Trinajstić information content (AvgIpc) is 3.41. The van der Waals surface area contributed by atoms with Gasteiger partial charge in [-0.05, 0) is 24.5 Å². The standard InChI is InChI=1S/C20H17N5S.C4H8O/c1-4-15(24-5-2)13-26-20-17(12-22)18(14-9-7-6-8-10-14)16(11-21)19(23-3)25-20;1-2-4-5-3-1/h4-10H,1-2,13H2,3H3,(H,23,25);1-4H2. The Balaban J connectivity index is 0.000000597. The van der Waals surface area contributed by atoms with E-state index in [4.69, 9.17) is 4.74 Å². The van der Waals surface area contributed by atoms with Crippen molar-refractivity contribution in [1.82, 2.24) is 4.98 Å². The van der Waals surface area contributed by atoms with Crippen molar-refractivity contribution in [3.05, 3.63) is 66.9 Å². The van der Waals surface area contributed by atoms with Crippen LogP contribution >= 0.6 is 11.8 Å². The molecule has 0 radical (unpaired) electrons. The number of pyridine rings is 1. The molecule has 0 unspecified atom stereocenters. The Hall–Kier alpha value is -3.39. The van der Waals surface area contributed by atoms with Gasteiger partial charge in [-0.3, -0.25) is 4.99 Å². The fraction of sp³-hybridized carbons (Fsp3) is 0.250. The van der Waals surface area contributed by atoms with Crippen LogP contribution in [0.25, 0.3) is 11.1 Å². The maximum atomic E-state index is 9.77. The number of rotatable bonds is 7. The van der Waals surface area contributed by atoms with Gasteiger partial charge in [-0.25, -0.2) is 4.98 Å². The average molecular weight is 432 g/mol. The number of nitrogens with zero attached hydrogens (tertiary/aromatic N) is 4. The molecule has 7 heteroatoms. The van der Waals surface area contributed by atoms with E-state index < -0.39 is 0 Å². The second kappa shape index (κ2) is 13.0. The molecule has 0 atom stereocenters. The number of hydrogen-bond acceptors (Lipinski definition) is 7. The Morgan fingerprint density at radius 3 is 2.35 bits per heavy atom. The minimum absolute atomic E-state index is 0.350. The number of allylic oxidation sites excluding steroid dienone is 1. The Morgan fingerprint density at radius 2 is 1.87 bits per heavy atom. The van der Waals surface area contributed by atoms with E-state index in [2.05, 4.69) is 40.6 Å². The van der Waals surface area contributed by atoms with E-state index in [9.17, 15) is 10.5 Å². The maximum Gasteiger partial charge on any atom is 0.145 e. The van der Waals surface area contributed by atoms with Crippen LogP contribution in [0.4, 0.5) is 5.82 Å². The SMILES string of the molecule is C1CCOC1.C=CN=C(C=C)CSc1nc(NC)c(C#N)c(-c2ccccc2)c1C#N. The van der Waals surface area contributed by atoms with Crippen LogP contribution in [0.3, 0.4) is 0 Å². The van der Waals surface area contributed by atoms with Crippen LogP contribution in [0.5, 0.6) is 0 Å². The van der Waals surface area contributed by atoms with Gasteiger partial charge in [-0.15, -0.1) is 0 Å². The van der Waals surface area contributed by atoms with E-state index in [1.807, 2.05) is 30.3 Å². The topological polar surface area (TPSA) is 94.1 Å². The summed E-state index contributed by atoms with van der Waals surface area (Å²) in [7, 11) is 1.70. The lowest BCUT2D eigenvalue weighted by Crippen LogP contribution is -2.05. The van der Waals surface area contributed by atoms with Gasteiger partial charge in [-0.1, -0.05) is 55.3 Å². The molecule has 6 nitrogen and oxygen atoms in total. The Labute approximate surface area is 188 Å². The lowest BCUT2D eigenvalue weighted by atomic mass is 9.97. The number of benzene rings is 1. The Bertz CT molecular complexity index is 1010. The highest BCUT2D eigenvalue weighted by molar-refractivity contribution is 8.00. The predicted octanol–water partition coefficient (Wildman–Crippen LogP) is 5.19. The van der Waals surface area contributed by atoms with Crippen LogP contribution < -0.4 is 5.32 Å². The first-order valence-electron chi connectivity index (χ1n) is 9.82. The molecule has 0 amide bonds. The molecule has 158 valence electrons. The van der Waals surface area contributed by atoms with Crippen LogP contribution in [0, 0.1) is 22.7 Å². The molecule has 3 rings (SSSR count). The monoisotopic (exact) mass is 431 g/mol. The van der Waals surface area contributed by atoms with Crippen molar-refractivity contribution in [1.29, 1.82) is 10.5 Å². The molecule has 1 aromatic carbocycles. The summed E-state index contributed by atoms with van der Waals surface area (Å²) in [5.74, 6) is 0.925. The number of nitrogens with one attached hydrogen (secondary N) is 1. The van der Waals surface area contributed by atoms with Gasteiger partial charge in [0.25, 0.3) is 0 Å².